The van der Waals surface area contributed by atoms with Gasteiger partial charge in [-0.2, -0.15) is 0 Å². The van der Waals surface area contributed by atoms with Crippen LogP contribution in [0.4, 0.5) is 5.82 Å². The van der Waals surface area contributed by atoms with Gasteiger partial charge in [-0.3, -0.25) is 4.98 Å². The fourth-order valence-electron chi connectivity index (χ4n) is 3.79. The number of anilines is 1. The molecule has 0 unspecified atom stereocenters. The highest BCUT2D eigenvalue weighted by molar-refractivity contribution is 6.35. The summed E-state index contributed by atoms with van der Waals surface area (Å²) >= 11 is 6.72. The molecule has 5 nitrogen and oxygen atoms in total. The third-order valence-electron chi connectivity index (χ3n) is 5.68. The molecule has 0 bridgehead atoms. The van der Waals surface area contributed by atoms with Crippen LogP contribution in [0, 0.1) is 19.8 Å². The second kappa shape index (κ2) is 7.71. The lowest BCUT2D eigenvalue weighted by Gasteiger charge is -2.19. The molecule has 1 atom stereocenters. The molecule has 4 rings (SSSR count). The van der Waals surface area contributed by atoms with Crippen molar-refractivity contribution in [2.24, 2.45) is 5.92 Å². The topological polar surface area (TPSA) is 56.3 Å². The number of halogens is 1. The second-order valence-corrected chi connectivity index (χ2v) is 8.15. The Bertz CT molecular complexity index is 1050. The van der Waals surface area contributed by atoms with Crippen LogP contribution in [0.1, 0.15) is 31.0 Å². The Labute approximate surface area is 176 Å². The van der Waals surface area contributed by atoms with Crippen LogP contribution in [-0.2, 0) is 0 Å². The lowest BCUT2D eigenvalue weighted by molar-refractivity contribution is 0.393. The van der Waals surface area contributed by atoms with Crippen molar-refractivity contribution < 1.29 is 9.47 Å². The minimum atomic E-state index is 0.367. The van der Waals surface area contributed by atoms with Gasteiger partial charge >= 0.3 is 0 Å². The van der Waals surface area contributed by atoms with Crippen molar-refractivity contribution in [1.82, 2.24) is 9.97 Å². The first-order chi connectivity index (χ1) is 13.9. The molecule has 0 amide bonds. The Kier molecular flexibility index (Phi) is 5.26. The van der Waals surface area contributed by atoms with E-state index in [-0.39, 0.29) is 0 Å². The molecule has 6 heteroatoms. The summed E-state index contributed by atoms with van der Waals surface area (Å²) in [6, 6.07) is 6.28. The van der Waals surface area contributed by atoms with Gasteiger partial charge in [0.2, 0.25) is 0 Å². The fraction of sp³-hybridized carbons (Fsp3) is 0.391. The monoisotopic (exact) mass is 411 g/mol. The Morgan fingerprint density at radius 2 is 1.83 bits per heavy atom. The van der Waals surface area contributed by atoms with Crippen LogP contribution in [0.15, 0.2) is 24.4 Å². The molecular formula is C23H26ClN3O2. The minimum Gasteiger partial charge on any atom is -0.496 e. The normalized spacial score (nSPS) is 14.7. The number of aryl methyl sites for hydroxylation is 1. The summed E-state index contributed by atoms with van der Waals surface area (Å²) in [7, 11) is 3.24. The zero-order valence-corrected chi connectivity index (χ0v) is 18.2. The Morgan fingerprint density at radius 1 is 1.10 bits per heavy atom. The summed E-state index contributed by atoms with van der Waals surface area (Å²) in [6.07, 6.45) is 4.43. The second-order valence-electron chi connectivity index (χ2n) is 7.77. The average molecular weight is 412 g/mol. The number of nitrogens with zero attached hydrogens (tertiary/aromatic N) is 2. The van der Waals surface area contributed by atoms with E-state index in [9.17, 15) is 0 Å². The standard InChI is InChI=1S/C23H26ClN3O2/c1-12-8-17-16(11-25-12)9-18(27-23(17)26-14(3)15-6-7-15)21-13(2)19(28-4)10-20(29-5)22(21)24/h8-11,14-15H,6-7H2,1-5H3,(H,26,27)/t14-/m0/s1. The number of ether oxygens (including phenoxy) is 2. The summed E-state index contributed by atoms with van der Waals surface area (Å²) in [6.45, 7) is 6.20. The number of hydrogen-bond acceptors (Lipinski definition) is 5. The molecule has 2 aromatic heterocycles. The molecule has 0 aliphatic heterocycles. The zero-order valence-electron chi connectivity index (χ0n) is 17.5. The van der Waals surface area contributed by atoms with Crippen molar-refractivity contribution in [3.8, 4) is 22.8 Å². The van der Waals surface area contributed by atoms with Gasteiger partial charge in [0.25, 0.3) is 0 Å². The SMILES string of the molecule is COc1cc(OC)c(Cl)c(-c2cc3cnc(C)cc3c(N[C@@H](C)C3CC3)n2)c1C. The number of nitrogens with one attached hydrogen (secondary N) is 1. The molecule has 152 valence electrons. The predicted molar refractivity (Wildman–Crippen MR) is 118 cm³/mol. The van der Waals surface area contributed by atoms with Crippen LogP contribution >= 0.6 is 11.6 Å². The van der Waals surface area contributed by atoms with Gasteiger partial charge in [0, 0.05) is 45.9 Å². The van der Waals surface area contributed by atoms with Gasteiger partial charge < -0.3 is 14.8 Å². The van der Waals surface area contributed by atoms with Crippen LogP contribution in [-0.4, -0.2) is 30.2 Å². The van der Waals surface area contributed by atoms with Crippen molar-refractivity contribution >= 4 is 28.2 Å². The summed E-state index contributed by atoms with van der Waals surface area (Å²) in [4.78, 5) is 9.48. The van der Waals surface area contributed by atoms with Gasteiger partial charge in [-0.15, -0.1) is 0 Å². The van der Waals surface area contributed by atoms with Crippen LogP contribution in [0.3, 0.4) is 0 Å². The Morgan fingerprint density at radius 3 is 2.48 bits per heavy atom. The molecule has 1 fully saturated rings. The highest BCUT2D eigenvalue weighted by Gasteiger charge is 2.28. The van der Waals surface area contributed by atoms with E-state index in [1.165, 1.54) is 12.8 Å². The maximum atomic E-state index is 6.72. The molecule has 29 heavy (non-hydrogen) atoms. The average Bonchev–Trinajstić information content (AvgIpc) is 3.54. The lowest BCUT2D eigenvalue weighted by Crippen LogP contribution is -2.18. The van der Waals surface area contributed by atoms with Crippen molar-refractivity contribution in [1.29, 1.82) is 0 Å². The smallest absolute Gasteiger partial charge is 0.141 e. The van der Waals surface area contributed by atoms with Crippen LogP contribution in [0.5, 0.6) is 11.5 Å². The molecule has 1 saturated carbocycles. The van der Waals surface area contributed by atoms with E-state index in [0.29, 0.717) is 28.5 Å². The van der Waals surface area contributed by atoms with Crippen molar-refractivity contribution in [3.05, 3.63) is 40.7 Å². The lowest BCUT2D eigenvalue weighted by atomic mass is 10.0. The number of benzene rings is 1. The molecule has 1 N–H and O–H groups in total. The molecule has 0 saturated heterocycles. The number of fused-ring (bicyclic) bond motifs is 1. The van der Waals surface area contributed by atoms with E-state index in [2.05, 4.69) is 23.3 Å². The van der Waals surface area contributed by atoms with Crippen molar-refractivity contribution in [2.75, 3.05) is 19.5 Å². The van der Waals surface area contributed by atoms with Gasteiger partial charge in [0.1, 0.15) is 17.3 Å². The van der Waals surface area contributed by atoms with Gasteiger partial charge in [-0.05, 0) is 51.7 Å². The fourth-order valence-corrected chi connectivity index (χ4v) is 4.16. The largest absolute Gasteiger partial charge is 0.496 e. The molecular weight excluding hydrogens is 386 g/mol. The number of methoxy groups -OCH3 is 2. The molecule has 2 heterocycles. The highest BCUT2D eigenvalue weighted by Crippen LogP contribution is 2.43. The Hall–Kier alpha value is -2.53. The first kappa shape index (κ1) is 19.8. The first-order valence-corrected chi connectivity index (χ1v) is 10.3. The third-order valence-corrected chi connectivity index (χ3v) is 6.06. The van der Waals surface area contributed by atoms with Crippen LogP contribution < -0.4 is 14.8 Å². The minimum absolute atomic E-state index is 0.367. The maximum Gasteiger partial charge on any atom is 0.141 e. The van der Waals surface area contributed by atoms with E-state index < -0.39 is 0 Å². The van der Waals surface area contributed by atoms with E-state index in [1.54, 1.807) is 14.2 Å². The predicted octanol–water partition coefficient (Wildman–Crippen LogP) is 5.79. The van der Waals surface area contributed by atoms with E-state index in [1.807, 2.05) is 32.2 Å². The zero-order chi connectivity index (χ0) is 20.7. The molecule has 1 aromatic carbocycles. The molecule has 1 aliphatic rings. The first-order valence-electron chi connectivity index (χ1n) is 9.88. The van der Waals surface area contributed by atoms with E-state index in [4.69, 9.17) is 26.1 Å². The van der Waals surface area contributed by atoms with Crippen molar-refractivity contribution in [3.63, 3.8) is 0 Å². The van der Waals surface area contributed by atoms with Gasteiger partial charge in [-0.1, -0.05) is 11.6 Å². The summed E-state index contributed by atoms with van der Waals surface area (Å²) in [5.74, 6) is 2.85. The summed E-state index contributed by atoms with van der Waals surface area (Å²) < 4.78 is 11.0. The molecule has 0 radical (unpaired) electrons. The molecule has 3 aromatic rings. The van der Waals surface area contributed by atoms with E-state index >= 15 is 0 Å². The van der Waals surface area contributed by atoms with E-state index in [0.717, 1.165) is 39.1 Å². The van der Waals surface area contributed by atoms with Crippen LogP contribution in [0.25, 0.3) is 22.0 Å². The number of rotatable bonds is 6. The number of aromatic nitrogens is 2. The van der Waals surface area contributed by atoms with Gasteiger partial charge in [0.05, 0.1) is 24.9 Å². The number of hydrogen-bond donors (Lipinski definition) is 1. The quantitative estimate of drug-likeness (QED) is 0.555. The summed E-state index contributed by atoms with van der Waals surface area (Å²) in [5, 5.41) is 6.25. The highest BCUT2D eigenvalue weighted by atomic mass is 35.5. The van der Waals surface area contributed by atoms with Crippen molar-refractivity contribution in [2.45, 2.75) is 39.7 Å². The van der Waals surface area contributed by atoms with Gasteiger partial charge in [0.15, 0.2) is 0 Å². The summed E-state index contributed by atoms with van der Waals surface area (Å²) in [5.41, 5.74) is 3.47. The third kappa shape index (κ3) is 3.71. The number of pyridine rings is 2. The maximum absolute atomic E-state index is 6.72. The molecule has 1 aliphatic carbocycles. The van der Waals surface area contributed by atoms with Gasteiger partial charge in [-0.25, -0.2) is 4.98 Å². The van der Waals surface area contributed by atoms with Crippen LogP contribution in [0.2, 0.25) is 5.02 Å². The molecule has 0 spiro atoms. The Balaban J connectivity index is 1.94.